The Morgan fingerprint density at radius 1 is 1.18 bits per heavy atom. The van der Waals surface area contributed by atoms with E-state index in [0.29, 0.717) is 16.7 Å². The summed E-state index contributed by atoms with van der Waals surface area (Å²) in [6.07, 6.45) is 2.95. The van der Waals surface area contributed by atoms with Crippen LogP contribution in [0.3, 0.4) is 0 Å². The van der Waals surface area contributed by atoms with E-state index in [0.717, 1.165) is 6.07 Å². The Morgan fingerprint density at radius 2 is 2.06 bits per heavy atom. The predicted octanol–water partition coefficient (Wildman–Crippen LogP) is 1.72. The maximum absolute atomic E-state index is 13.7. The lowest BCUT2D eigenvalue weighted by Gasteiger charge is -2.01. The fourth-order valence-corrected chi connectivity index (χ4v) is 1.73. The van der Waals surface area contributed by atoms with Crippen molar-refractivity contribution in [1.82, 2.24) is 15.2 Å². The first kappa shape index (κ1) is 9.83. The third-order valence-electron chi connectivity index (χ3n) is 2.52. The molecule has 0 aliphatic heterocycles. The first-order chi connectivity index (χ1) is 8.27. The van der Waals surface area contributed by atoms with Crippen LogP contribution in [0.4, 0.5) is 8.78 Å². The van der Waals surface area contributed by atoms with E-state index in [1.54, 1.807) is 6.33 Å². The number of halogens is 2. The molecule has 0 unspecified atom stereocenters. The largest absolute Gasteiger partial charge is 0.325 e. The van der Waals surface area contributed by atoms with E-state index < -0.39 is 11.6 Å². The Labute approximate surface area is 94.3 Å². The molecule has 0 amide bonds. The zero-order valence-corrected chi connectivity index (χ0v) is 8.54. The average molecular weight is 233 g/mol. The molecule has 6 heteroatoms. The van der Waals surface area contributed by atoms with E-state index in [-0.39, 0.29) is 5.56 Å². The molecule has 4 nitrogen and oxygen atoms in total. The lowest BCUT2D eigenvalue weighted by molar-refractivity contribution is -0.347. The van der Waals surface area contributed by atoms with Gasteiger partial charge >= 0.3 is 5.65 Å². The van der Waals surface area contributed by atoms with Crippen LogP contribution in [-0.4, -0.2) is 15.2 Å². The minimum atomic E-state index is -0.892. The van der Waals surface area contributed by atoms with Gasteiger partial charge in [-0.15, -0.1) is 0 Å². The van der Waals surface area contributed by atoms with Crippen LogP contribution in [0.25, 0.3) is 22.3 Å². The maximum Gasteiger partial charge on any atom is 0.325 e. The van der Waals surface area contributed by atoms with Crippen LogP contribution in [0.2, 0.25) is 0 Å². The van der Waals surface area contributed by atoms with Gasteiger partial charge in [-0.1, -0.05) is 17.2 Å². The van der Waals surface area contributed by atoms with Crippen molar-refractivity contribution in [3.8, 4) is 11.1 Å². The molecular weight excluding hydrogens is 226 g/mol. The molecule has 84 valence electrons. The second kappa shape index (κ2) is 3.58. The highest BCUT2D eigenvalue weighted by Crippen LogP contribution is 2.27. The lowest BCUT2D eigenvalue weighted by Crippen LogP contribution is -1.99. The zero-order valence-electron chi connectivity index (χ0n) is 8.54. The summed E-state index contributed by atoms with van der Waals surface area (Å²) in [7, 11) is 0. The molecule has 0 fully saturated rings. The summed E-state index contributed by atoms with van der Waals surface area (Å²) < 4.78 is 26.8. The topological polar surface area (TPSA) is 55.7 Å². The third-order valence-corrected chi connectivity index (χ3v) is 2.52. The minimum absolute atomic E-state index is 0.153. The number of aromatic amines is 2. The number of aromatic nitrogens is 4. The summed E-state index contributed by atoms with van der Waals surface area (Å²) in [6.45, 7) is 0. The normalized spacial score (nSPS) is 10.9. The molecule has 0 spiro atoms. The van der Waals surface area contributed by atoms with Crippen molar-refractivity contribution in [1.29, 1.82) is 0 Å². The van der Waals surface area contributed by atoms with Crippen LogP contribution in [0.15, 0.2) is 30.7 Å². The van der Waals surface area contributed by atoms with E-state index in [1.165, 1.54) is 18.3 Å². The zero-order chi connectivity index (χ0) is 11.8. The molecule has 0 aliphatic carbocycles. The van der Waals surface area contributed by atoms with Crippen LogP contribution >= 0.6 is 0 Å². The lowest BCUT2D eigenvalue weighted by atomic mass is 10.1. The fourth-order valence-electron chi connectivity index (χ4n) is 1.73. The summed E-state index contributed by atoms with van der Waals surface area (Å²) in [6, 6.07) is 4.02. The summed E-state index contributed by atoms with van der Waals surface area (Å²) >= 11 is 0. The van der Waals surface area contributed by atoms with Crippen LogP contribution in [0.1, 0.15) is 0 Å². The molecular formula is C11H7F2N4+. The first-order valence-electron chi connectivity index (χ1n) is 4.92. The van der Waals surface area contributed by atoms with E-state index >= 15 is 0 Å². The smallest absolute Gasteiger partial charge is 0.273 e. The van der Waals surface area contributed by atoms with E-state index in [2.05, 4.69) is 20.2 Å². The molecule has 17 heavy (non-hydrogen) atoms. The van der Waals surface area contributed by atoms with Gasteiger partial charge in [-0.05, 0) is 6.07 Å². The molecule has 2 N–H and O–H groups in total. The number of rotatable bonds is 1. The number of hydrogen-bond acceptors (Lipinski definition) is 2. The highest BCUT2D eigenvalue weighted by molar-refractivity contribution is 5.87. The molecule has 2 aromatic heterocycles. The van der Waals surface area contributed by atoms with Gasteiger partial charge in [-0.25, -0.2) is 13.8 Å². The third kappa shape index (κ3) is 1.45. The average Bonchev–Trinajstić information content (AvgIpc) is 2.81. The van der Waals surface area contributed by atoms with Gasteiger partial charge in [-0.2, -0.15) is 0 Å². The van der Waals surface area contributed by atoms with Crippen molar-refractivity contribution in [2.45, 2.75) is 0 Å². The molecule has 0 bridgehead atoms. The highest BCUT2D eigenvalue weighted by Gasteiger charge is 2.17. The number of fused-ring (bicyclic) bond motifs is 1. The van der Waals surface area contributed by atoms with Gasteiger partial charge < -0.3 is 0 Å². The molecule has 3 aromatic rings. The number of H-pyrrole nitrogens is 2. The number of benzene rings is 1. The van der Waals surface area contributed by atoms with Gasteiger partial charge in [0.2, 0.25) is 0 Å². The summed E-state index contributed by atoms with van der Waals surface area (Å²) in [5, 5.41) is 7.57. The van der Waals surface area contributed by atoms with Gasteiger partial charge in [-0.3, -0.25) is 4.98 Å². The second-order valence-electron chi connectivity index (χ2n) is 3.52. The van der Waals surface area contributed by atoms with Crippen LogP contribution in [-0.2, 0) is 0 Å². The summed E-state index contributed by atoms with van der Waals surface area (Å²) in [4.78, 5) is 5.70. The summed E-state index contributed by atoms with van der Waals surface area (Å²) in [5.74, 6) is -1.78. The predicted molar refractivity (Wildman–Crippen MR) is 55.8 cm³/mol. The number of imidazole rings is 1. The van der Waals surface area contributed by atoms with Crippen LogP contribution in [0.5, 0.6) is 0 Å². The van der Waals surface area contributed by atoms with Crippen LogP contribution in [0, 0.1) is 11.6 Å². The molecule has 0 aliphatic rings. The van der Waals surface area contributed by atoms with E-state index in [9.17, 15) is 8.78 Å². The maximum atomic E-state index is 13.7. The number of nitrogens with zero attached hydrogens (tertiary/aromatic N) is 2. The monoisotopic (exact) mass is 233 g/mol. The summed E-state index contributed by atoms with van der Waals surface area (Å²) in [5.41, 5.74) is 1.70. The molecule has 1 aromatic carbocycles. The minimum Gasteiger partial charge on any atom is -0.273 e. The van der Waals surface area contributed by atoms with Gasteiger partial charge in [0.15, 0.2) is 23.5 Å². The van der Waals surface area contributed by atoms with Gasteiger partial charge in [0.05, 0.1) is 11.8 Å². The van der Waals surface area contributed by atoms with E-state index in [1.807, 2.05) is 0 Å². The van der Waals surface area contributed by atoms with Crippen molar-refractivity contribution < 1.29 is 13.8 Å². The van der Waals surface area contributed by atoms with Gasteiger partial charge in [0, 0.05) is 10.7 Å². The van der Waals surface area contributed by atoms with Crippen molar-refractivity contribution in [3.05, 3.63) is 42.4 Å². The van der Waals surface area contributed by atoms with Crippen molar-refractivity contribution in [2.24, 2.45) is 0 Å². The Balaban J connectivity index is 2.34. The standard InChI is InChI=1S/C11H6F2N4/c12-8-3-1-2-6(9(8)13)7-4-16-17-11-10(7)14-5-15-11/h1-5H,(H,14,15,17)/p+1. The SMILES string of the molecule is Fc1cccc(-c2cnnc3[nH+]c[nH]c23)c1F. The van der Waals surface area contributed by atoms with Gasteiger partial charge in [0.1, 0.15) is 0 Å². The quantitative estimate of drug-likeness (QED) is 0.695. The van der Waals surface area contributed by atoms with Gasteiger partial charge in [0.25, 0.3) is 0 Å². The Hall–Kier alpha value is -2.37. The molecule has 3 rings (SSSR count). The first-order valence-corrected chi connectivity index (χ1v) is 4.92. The molecule has 0 atom stereocenters. The Morgan fingerprint density at radius 3 is 2.94 bits per heavy atom. The van der Waals surface area contributed by atoms with Crippen molar-refractivity contribution in [2.75, 3.05) is 0 Å². The van der Waals surface area contributed by atoms with Crippen LogP contribution < -0.4 is 4.98 Å². The second-order valence-corrected chi connectivity index (χ2v) is 3.52. The van der Waals surface area contributed by atoms with Crippen molar-refractivity contribution in [3.63, 3.8) is 0 Å². The van der Waals surface area contributed by atoms with Crippen molar-refractivity contribution >= 4 is 11.2 Å². The number of hydrogen-bond donors (Lipinski definition) is 1. The Bertz CT molecular complexity index is 693. The molecule has 2 heterocycles. The molecule has 0 saturated heterocycles. The molecule has 0 saturated carbocycles. The fraction of sp³-hybridized carbons (Fsp3) is 0. The molecule has 0 radical (unpaired) electrons. The van der Waals surface area contributed by atoms with E-state index in [4.69, 9.17) is 0 Å². The Kier molecular flexibility index (Phi) is 2.07. The number of nitrogens with one attached hydrogen (secondary N) is 2. The highest BCUT2D eigenvalue weighted by atomic mass is 19.2.